The molecule has 4 nitrogen and oxygen atoms in total. The highest BCUT2D eigenvalue weighted by molar-refractivity contribution is 6.32. The summed E-state index contributed by atoms with van der Waals surface area (Å²) in [6.45, 7) is 7.11. The summed E-state index contributed by atoms with van der Waals surface area (Å²) in [4.78, 5) is 0. The lowest BCUT2D eigenvalue weighted by Crippen LogP contribution is -2.17. The Morgan fingerprint density at radius 2 is 2.09 bits per heavy atom. The highest BCUT2D eigenvalue weighted by Gasteiger charge is 2.13. The highest BCUT2D eigenvalue weighted by Crippen LogP contribution is 2.36. The molecule has 1 aromatic carbocycles. The Morgan fingerprint density at radius 1 is 1.32 bits per heavy atom. The van der Waals surface area contributed by atoms with Gasteiger partial charge in [0, 0.05) is 6.54 Å². The molecule has 0 radical (unpaired) electrons. The van der Waals surface area contributed by atoms with Crippen LogP contribution in [0.2, 0.25) is 5.02 Å². The molecule has 0 aliphatic carbocycles. The van der Waals surface area contributed by atoms with E-state index >= 15 is 0 Å². The third-order valence-electron chi connectivity index (χ3n) is 3.38. The largest absolute Gasteiger partial charge is 0.493 e. The molecule has 120 valence electrons. The van der Waals surface area contributed by atoms with Gasteiger partial charge in [-0.25, -0.2) is 0 Å². The molecule has 2 rings (SSSR count). The molecule has 0 saturated carbocycles. The number of hydrogen-bond acceptors (Lipinski definition) is 4. The number of ether oxygens (including phenoxy) is 2. The minimum Gasteiger partial charge on any atom is -0.493 e. The summed E-state index contributed by atoms with van der Waals surface area (Å²) >= 11 is 6.28. The lowest BCUT2D eigenvalue weighted by Gasteiger charge is -2.15. The fraction of sp³-hybridized carbons (Fsp3) is 0.412. The van der Waals surface area contributed by atoms with E-state index in [1.807, 2.05) is 38.1 Å². The van der Waals surface area contributed by atoms with Crippen LogP contribution in [0.15, 0.2) is 28.7 Å². The van der Waals surface area contributed by atoms with Gasteiger partial charge in [0.15, 0.2) is 11.5 Å². The number of benzene rings is 1. The van der Waals surface area contributed by atoms with E-state index in [9.17, 15) is 0 Å². The Bertz CT molecular complexity index is 624. The summed E-state index contributed by atoms with van der Waals surface area (Å²) in [5.41, 5.74) is 1.03. The zero-order chi connectivity index (χ0) is 16.1. The molecule has 0 amide bonds. The van der Waals surface area contributed by atoms with Crippen LogP contribution in [0.5, 0.6) is 11.5 Å². The third-order valence-corrected chi connectivity index (χ3v) is 3.66. The fourth-order valence-corrected chi connectivity index (χ4v) is 2.51. The molecule has 0 aliphatic heterocycles. The predicted octanol–water partition coefficient (Wildman–Crippen LogP) is 4.50. The zero-order valence-electron chi connectivity index (χ0n) is 13.4. The first-order valence-electron chi connectivity index (χ1n) is 7.34. The molecule has 1 aromatic heterocycles. The van der Waals surface area contributed by atoms with Gasteiger partial charge in [-0.05, 0) is 50.6 Å². The Kier molecular flexibility index (Phi) is 5.75. The molecular weight excluding hydrogens is 302 g/mol. The second-order valence-electron chi connectivity index (χ2n) is 5.09. The summed E-state index contributed by atoms with van der Waals surface area (Å²) in [5.74, 6) is 3.06. The van der Waals surface area contributed by atoms with Crippen molar-refractivity contribution >= 4 is 11.6 Å². The van der Waals surface area contributed by atoms with E-state index < -0.39 is 0 Å². The van der Waals surface area contributed by atoms with Gasteiger partial charge in [-0.1, -0.05) is 11.6 Å². The average Bonchev–Trinajstić information content (AvgIpc) is 2.93. The molecule has 0 fully saturated rings. The van der Waals surface area contributed by atoms with E-state index in [-0.39, 0.29) is 6.04 Å². The molecule has 1 atom stereocenters. The number of hydrogen-bond donors (Lipinski definition) is 1. The van der Waals surface area contributed by atoms with Crippen molar-refractivity contribution in [2.24, 2.45) is 0 Å². The predicted molar refractivity (Wildman–Crippen MR) is 87.9 cm³/mol. The van der Waals surface area contributed by atoms with Gasteiger partial charge in [-0.15, -0.1) is 0 Å². The van der Waals surface area contributed by atoms with Crippen LogP contribution in [-0.2, 0) is 6.54 Å². The molecule has 0 aliphatic rings. The lowest BCUT2D eigenvalue weighted by atomic mass is 10.1. The first-order valence-corrected chi connectivity index (χ1v) is 7.71. The van der Waals surface area contributed by atoms with Gasteiger partial charge in [-0.2, -0.15) is 0 Å². The van der Waals surface area contributed by atoms with Crippen LogP contribution >= 0.6 is 11.6 Å². The van der Waals surface area contributed by atoms with Crippen LogP contribution in [-0.4, -0.2) is 13.7 Å². The Morgan fingerprint density at radius 3 is 2.68 bits per heavy atom. The van der Waals surface area contributed by atoms with Crippen LogP contribution in [0, 0.1) is 6.92 Å². The molecule has 1 heterocycles. The first kappa shape index (κ1) is 16.7. The minimum atomic E-state index is 0.116. The van der Waals surface area contributed by atoms with Crippen molar-refractivity contribution in [1.29, 1.82) is 0 Å². The van der Waals surface area contributed by atoms with Gasteiger partial charge in [0.25, 0.3) is 0 Å². The third kappa shape index (κ3) is 3.96. The van der Waals surface area contributed by atoms with E-state index in [2.05, 4.69) is 12.2 Å². The Hall–Kier alpha value is -1.65. The van der Waals surface area contributed by atoms with E-state index in [0.29, 0.717) is 29.7 Å². The maximum absolute atomic E-state index is 6.28. The van der Waals surface area contributed by atoms with Gasteiger partial charge in [0.1, 0.15) is 11.5 Å². The van der Waals surface area contributed by atoms with Crippen molar-refractivity contribution in [1.82, 2.24) is 5.32 Å². The zero-order valence-corrected chi connectivity index (χ0v) is 14.2. The molecule has 5 heteroatoms. The number of halogens is 1. The van der Waals surface area contributed by atoms with E-state index in [0.717, 1.165) is 17.1 Å². The maximum Gasteiger partial charge on any atom is 0.179 e. The van der Waals surface area contributed by atoms with Crippen LogP contribution in [0.3, 0.4) is 0 Å². The van der Waals surface area contributed by atoms with Crippen molar-refractivity contribution in [3.63, 3.8) is 0 Å². The average molecular weight is 324 g/mol. The maximum atomic E-state index is 6.28. The summed E-state index contributed by atoms with van der Waals surface area (Å²) in [6, 6.07) is 7.89. The van der Waals surface area contributed by atoms with Gasteiger partial charge >= 0.3 is 0 Å². The number of methoxy groups -OCH3 is 1. The molecular formula is C17H22ClNO3. The van der Waals surface area contributed by atoms with Crippen LogP contribution < -0.4 is 14.8 Å². The minimum absolute atomic E-state index is 0.116. The standard InChI is InChI=1S/C17H22ClNO3/c1-5-21-17-14(18)8-13(9-16(17)20-4)10-19-12(3)15-7-6-11(2)22-15/h6-9,12,19H,5,10H2,1-4H3. The summed E-state index contributed by atoms with van der Waals surface area (Å²) < 4.78 is 16.5. The highest BCUT2D eigenvalue weighted by atomic mass is 35.5. The Labute approximate surface area is 136 Å². The summed E-state index contributed by atoms with van der Waals surface area (Å²) in [6.07, 6.45) is 0. The SMILES string of the molecule is CCOc1c(Cl)cc(CNC(C)c2ccc(C)o2)cc1OC. The smallest absolute Gasteiger partial charge is 0.179 e. The van der Waals surface area contributed by atoms with Gasteiger partial charge in [0.05, 0.1) is 24.8 Å². The molecule has 0 spiro atoms. The van der Waals surface area contributed by atoms with E-state index in [4.69, 9.17) is 25.5 Å². The lowest BCUT2D eigenvalue weighted by molar-refractivity contribution is 0.310. The van der Waals surface area contributed by atoms with E-state index in [1.165, 1.54) is 0 Å². The molecule has 0 saturated heterocycles. The van der Waals surface area contributed by atoms with Gasteiger partial charge in [0.2, 0.25) is 0 Å². The summed E-state index contributed by atoms with van der Waals surface area (Å²) in [5, 5.41) is 3.96. The molecule has 0 bridgehead atoms. The topological polar surface area (TPSA) is 43.6 Å². The summed E-state index contributed by atoms with van der Waals surface area (Å²) in [7, 11) is 1.61. The first-order chi connectivity index (χ1) is 10.5. The molecule has 1 N–H and O–H groups in total. The van der Waals surface area contributed by atoms with Gasteiger partial charge in [-0.3, -0.25) is 0 Å². The number of rotatable bonds is 7. The monoisotopic (exact) mass is 323 g/mol. The van der Waals surface area contributed by atoms with Crippen molar-refractivity contribution < 1.29 is 13.9 Å². The second-order valence-corrected chi connectivity index (χ2v) is 5.50. The molecule has 1 unspecified atom stereocenters. The Balaban J connectivity index is 2.08. The number of furan rings is 1. The second kappa shape index (κ2) is 7.56. The van der Waals surface area contributed by atoms with Crippen molar-refractivity contribution in [3.05, 3.63) is 46.4 Å². The molecule has 22 heavy (non-hydrogen) atoms. The van der Waals surface area contributed by atoms with Gasteiger partial charge < -0.3 is 19.2 Å². The van der Waals surface area contributed by atoms with Crippen molar-refractivity contribution in [3.8, 4) is 11.5 Å². The number of aryl methyl sites for hydroxylation is 1. The molecule has 2 aromatic rings. The van der Waals surface area contributed by atoms with Crippen LogP contribution in [0.4, 0.5) is 0 Å². The van der Waals surface area contributed by atoms with Crippen molar-refractivity contribution in [2.75, 3.05) is 13.7 Å². The fourth-order valence-electron chi connectivity index (χ4n) is 2.22. The quantitative estimate of drug-likeness (QED) is 0.814. The van der Waals surface area contributed by atoms with Crippen LogP contribution in [0.25, 0.3) is 0 Å². The number of nitrogens with one attached hydrogen (secondary N) is 1. The van der Waals surface area contributed by atoms with E-state index in [1.54, 1.807) is 7.11 Å². The van der Waals surface area contributed by atoms with Crippen molar-refractivity contribution in [2.45, 2.75) is 33.4 Å². The normalized spacial score (nSPS) is 12.2. The van der Waals surface area contributed by atoms with Crippen LogP contribution in [0.1, 0.15) is 37.0 Å².